The molecule has 0 spiro atoms. The summed E-state index contributed by atoms with van der Waals surface area (Å²) in [6, 6.07) is 4.69. The Hall–Kier alpha value is -3.08. The van der Waals surface area contributed by atoms with Gasteiger partial charge in [0.05, 0.1) is 6.20 Å². The van der Waals surface area contributed by atoms with E-state index in [0.717, 1.165) is 19.2 Å². The standard InChI is InChI=1S/C18H23F3N6O2/c1-18(20,21)29-13-7-5-12(6-8-13)24-17(28)26-16-23-11-14(19)15(25-16)22-9-4-10-27(2)3/h5-8,11H,4,9-10H2,1-3H3,(H3,22,23,24,25,26,28). The summed E-state index contributed by atoms with van der Waals surface area (Å²) in [6.07, 6.45) is -1.57. The predicted octanol–water partition coefficient (Wildman–Crippen LogP) is 3.61. The molecule has 29 heavy (non-hydrogen) atoms. The van der Waals surface area contributed by atoms with Crippen LogP contribution >= 0.6 is 0 Å². The van der Waals surface area contributed by atoms with Crippen molar-refractivity contribution in [1.29, 1.82) is 0 Å². The fourth-order valence-corrected chi connectivity index (χ4v) is 2.23. The van der Waals surface area contributed by atoms with Crippen molar-refractivity contribution in [3.05, 3.63) is 36.3 Å². The van der Waals surface area contributed by atoms with Gasteiger partial charge < -0.3 is 20.3 Å². The van der Waals surface area contributed by atoms with Crippen LogP contribution in [0.5, 0.6) is 5.75 Å². The van der Waals surface area contributed by atoms with Gasteiger partial charge in [-0.05, 0) is 51.3 Å². The third kappa shape index (κ3) is 8.21. The Balaban J connectivity index is 1.90. The van der Waals surface area contributed by atoms with Gasteiger partial charge in [0.15, 0.2) is 11.6 Å². The van der Waals surface area contributed by atoms with Gasteiger partial charge >= 0.3 is 12.1 Å². The molecule has 0 saturated carbocycles. The molecule has 8 nitrogen and oxygen atoms in total. The molecular weight excluding hydrogens is 389 g/mol. The molecule has 1 aromatic heterocycles. The number of carbonyl (C=O) groups is 1. The van der Waals surface area contributed by atoms with E-state index in [4.69, 9.17) is 0 Å². The number of hydrogen-bond donors (Lipinski definition) is 3. The van der Waals surface area contributed by atoms with Crippen LogP contribution in [0.3, 0.4) is 0 Å². The molecule has 0 bridgehead atoms. The maximum absolute atomic E-state index is 13.8. The number of halogens is 3. The minimum atomic E-state index is -3.30. The lowest BCUT2D eigenvalue weighted by molar-refractivity contribution is -0.158. The van der Waals surface area contributed by atoms with Gasteiger partial charge in [-0.3, -0.25) is 5.32 Å². The Bertz CT molecular complexity index is 812. The first-order valence-corrected chi connectivity index (χ1v) is 8.78. The van der Waals surface area contributed by atoms with Crippen LogP contribution in [-0.4, -0.2) is 54.2 Å². The number of nitrogens with one attached hydrogen (secondary N) is 3. The largest absolute Gasteiger partial charge is 0.433 e. The van der Waals surface area contributed by atoms with Gasteiger partial charge in [-0.15, -0.1) is 0 Å². The third-order valence-electron chi connectivity index (χ3n) is 3.45. The number of aromatic nitrogens is 2. The quantitative estimate of drug-likeness (QED) is 0.545. The van der Waals surface area contributed by atoms with Gasteiger partial charge in [0.2, 0.25) is 5.95 Å². The van der Waals surface area contributed by atoms with E-state index in [-0.39, 0.29) is 17.5 Å². The monoisotopic (exact) mass is 412 g/mol. The molecule has 0 aliphatic heterocycles. The molecule has 0 fully saturated rings. The summed E-state index contributed by atoms with van der Waals surface area (Å²) < 4.78 is 43.8. The molecule has 0 unspecified atom stereocenters. The second-order valence-corrected chi connectivity index (χ2v) is 6.49. The number of rotatable bonds is 9. The maximum Gasteiger partial charge on any atom is 0.394 e. The Morgan fingerprint density at radius 2 is 1.90 bits per heavy atom. The predicted molar refractivity (Wildman–Crippen MR) is 104 cm³/mol. The Kier molecular flexibility index (Phi) is 7.59. The molecule has 1 aromatic carbocycles. The van der Waals surface area contributed by atoms with Crippen molar-refractivity contribution < 1.29 is 22.7 Å². The molecule has 2 amide bonds. The number of hydrogen-bond acceptors (Lipinski definition) is 6. The second-order valence-electron chi connectivity index (χ2n) is 6.49. The highest BCUT2D eigenvalue weighted by molar-refractivity contribution is 5.98. The van der Waals surface area contributed by atoms with E-state index in [1.165, 1.54) is 24.3 Å². The van der Waals surface area contributed by atoms with Crippen molar-refractivity contribution in [2.75, 3.05) is 43.1 Å². The zero-order chi connectivity index (χ0) is 21.4. The number of nitrogens with zero attached hydrogens (tertiary/aromatic N) is 3. The zero-order valence-electron chi connectivity index (χ0n) is 16.3. The lowest BCUT2D eigenvalue weighted by Crippen LogP contribution is -2.22. The number of benzene rings is 1. The highest BCUT2D eigenvalue weighted by Crippen LogP contribution is 2.22. The number of carbonyl (C=O) groups excluding carboxylic acids is 1. The molecule has 0 atom stereocenters. The summed E-state index contributed by atoms with van der Waals surface area (Å²) in [5.41, 5.74) is 0.332. The normalized spacial score (nSPS) is 11.3. The summed E-state index contributed by atoms with van der Waals surface area (Å²) in [4.78, 5) is 21.7. The highest BCUT2D eigenvalue weighted by Gasteiger charge is 2.22. The molecule has 0 aliphatic carbocycles. The maximum atomic E-state index is 13.8. The third-order valence-corrected chi connectivity index (χ3v) is 3.45. The zero-order valence-corrected chi connectivity index (χ0v) is 16.3. The van der Waals surface area contributed by atoms with E-state index >= 15 is 0 Å². The fraction of sp³-hybridized carbons (Fsp3) is 0.389. The molecule has 2 rings (SSSR count). The van der Waals surface area contributed by atoms with Crippen LogP contribution in [0.4, 0.5) is 35.4 Å². The Morgan fingerprint density at radius 1 is 1.21 bits per heavy atom. The summed E-state index contributed by atoms with van der Waals surface area (Å²) in [7, 11) is 3.87. The molecule has 1 heterocycles. The van der Waals surface area contributed by atoms with E-state index < -0.39 is 18.0 Å². The topological polar surface area (TPSA) is 91.4 Å². The van der Waals surface area contributed by atoms with Gasteiger partial charge in [-0.25, -0.2) is 14.2 Å². The first-order chi connectivity index (χ1) is 13.6. The van der Waals surface area contributed by atoms with E-state index in [2.05, 4.69) is 30.7 Å². The molecule has 0 saturated heterocycles. The molecule has 2 aromatic rings. The van der Waals surface area contributed by atoms with Gasteiger partial charge in [-0.2, -0.15) is 13.8 Å². The second kappa shape index (κ2) is 9.92. The van der Waals surface area contributed by atoms with E-state index in [9.17, 15) is 18.0 Å². The number of urea groups is 1. The minimum Gasteiger partial charge on any atom is -0.433 e. The van der Waals surface area contributed by atoms with Crippen molar-refractivity contribution in [2.45, 2.75) is 19.5 Å². The number of ether oxygens (including phenoxy) is 1. The highest BCUT2D eigenvalue weighted by atomic mass is 19.3. The van der Waals surface area contributed by atoms with Crippen LogP contribution < -0.4 is 20.7 Å². The molecule has 0 radical (unpaired) electrons. The molecule has 3 N–H and O–H groups in total. The number of alkyl halides is 2. The van der Waals surface area contributed by atoms with Crippen LogP contribution in [0.1, 0.15) is 13.3 Å². The van der Waals surface area contributed by atoms with Crippen molar-refractivity contribution in [3.63, 3.8) is 0 Å². The molecule has 158 valence electrons. The van der Waals surface area contributed by atoms with Gasteiger partial charge in [0.25, 0.3) is 0 Å². The van der Waals surface area contributed by atoms with Crippen LogP contribution in [0.25, 0.3) is 0 Å². The van der Waals surface area contributed by atoms with Gasteiger partial charge in [0, 0.05) is 19.2 Å². The summed E-state index contributed by atoms with van der Waals surface area (Å²) >= 11 is 0. The Morgan fingerprint density at radius 3 is 2.52 bits per heavy atom. The smallest absolute Gasteiger partial charge is 0.394 e. The van der Waals surface area contributed by atoms with Crippen LogP contribution in [0.2, 0.25) is 0 Å². The van der Waals surface area contributed by atoms with Crippen molar-refractivity contribution >= 4 is 23.5 Å². The van der Waals surface area contributed by atoms with Crippen molar-refractivity contribution in [2.24, 2.45) is 0 Å². The van der Waals surface area contributed by atoms with Crippen molar-refractivity contribution in [3.8, 4) is 5.75 Å². The van der Waals surface area contributed by atoms with Gasteiger partial charge in [-0.1, -0.05) is 0 Å². The fourth-order valence-electron chi connectivity index (χ4n) is 2.23. The average Bonchev–Trinajstić information content (AvgIpc) is 2.61. The summed E-state index contributed by atoms with van der Waals surface area (Å²) in [5.74, 6) is -0.792. The summed E-state index contributed by atoms with van der Waals surface area (Å²) in [5, 5.41) is 7.72. The van der Waals surface area contributed by atoms with Crippen molar-refractivity contribution in [1.82, 2.24) is 14.9 Å². The van der Waals surface area contributed by atoms with Crippen LogP contribution in [0.15, 0.2) is 30.5 Å². The average molecular weight is 412 g/mol. The van der Waals surface area contributed by atoms with E-state index in [1.807, 2.05) is 19.0 Å². The number of amides is 2. The first-order valence-electron chi connectivity index (χ1n) is 8.78. The first kappa shape index (κ1) is 22.2. The summed E-state index contributed by atoms with van der Waals surface area (Å²) in [6.45, 7) is 1.95. The number of anilines is 3. The van der Waals surface area contributed by atoms with Crippen LogP contribution in [0, 0.1) is 5.82 Å². The van der Waals surface area contributed by atoms with E-state index in [1.54, 1.807) is 0 Å². The lowest BCUT2D eigenvalue weighted by Gasteiger charge is -2.13. The molecular formula is C18H23F3N6O2. The van der Waals surface area contributed by atoms with Crippen LogP contribution in [-0.2, 0) is 0 Å². The lowest BCUT2D eigenvalue weighted by atomic mass is 10.3. The van der Waals surface area contributed by atoms with E-state index in [0.29, 0.717) is 19.2 Å². The Labute approximate surface area is 166 Å². The van der Waals surface area contributed by atoms with Gasteiger partial charge in [0.1, 0.15) is 5.75 Å². The molecule has 11 heteroatoms. The minimum absolute atomic E-state index is 0.0175. The SMILES string of the molecule is CN(C)CCCNc1nc(NC(=O)Nc2ccc(OC(C)(F)F)cc2)ncc1F. The molecule has 0 aliphatic rings.